The Kier molecular flexibility index (Phi) is 4.30. The molecule has 2 rings (SSSR count). The fourth-order valence-corrected chi connectivity index (χ4v) is 2.84. The Bertz CT molecular complexity index is 715. The second-order valence-electron chi connectivity index (χ2n) is 4.45. The molecule has 0 radical (unpaired) electrons. The lowest BCUT2D eigenvalue weighted by Crippen LogP contribution is -2.05. The summed E-state index contributed by atoms with van der Waals surface area (Å²) in [5.74, 6) is 0.305. The van der Waals surface area contributed by atoms with Crippen molar-refractivity contribution in [2.24, 2.45) is 0 Å². The molecule has 1 N–H and O–H groups in total. The summed E-state index contributed by atoms with van der Waals surface area (Å²) >= 11 is 6.13. The molecule has 20 heavy (non-hydrogen) atoms. The van der Waals surface area contributed by atoms with Gasteiger partial charge in [-0.25, -0.2) is 13.4 Å². The third-order valence-corrected chi connectivity index (χ3v) is 4.18. The molecule has 1 unspecified atom stereocenters. The minimum absolute atomic E-state index is 0.164. The quantitative estimate of drug-likeness (QED) is 0.878. The largest absolute Gasteiger partial charge is 0.339 e. The second-order valence-corrected chi connectivity index (χ2v) is 7.09. The number of para-hydroxylation sites is 1. The highest BCUT2D eigenvalue weighted by Crippen LogP contribution is 2.30. The van der Waals surface area contributed by atoms with Gasteiger partial charge in [0.1, 0.15) is 10.7 Å². The number of pyridine rings is 1. The van der Waals surface area contributed by atoms with Gasteiger partial charge in [0.15, 0.2) is 9.84 Å². The molecular formula is C14H15ClN2O2S. The minimum atomic E-state index is -3.34. The summed E-state index contributed by atoms with van der Waals surface area (Å²) in [4.78, 5) is 4.27. The summed E-state index contributed by atoms with van der Waals surface area (Å²) in [7, 11) is -3.34. The number of nitrogens with zero attached hydrogens (tertiary/aromatic N) is 1. The zero-order valence-corrected chi connectivity index (χ0v) is 12.7. The van der Waals surface area contributed by atoms with Gasteiger partial charge in [0, 0.05) is 18.1 Å². The van der Waals surface area contributed by atoms with Crippen molar-refractivity contribution in [2.75, 3.05) is 11.6 Å². The number of anilines is 2. The topological polar surface area (TPSA) is 59.1 Å². The Morgan fingerprint density at radius 3 is 2.55 bits per heavy atom. The van der Waals surface area contributed by atoms with Crippen LogP contribution < -0.4 is 5.32 Å². The SMILES string of the molecule is CC(Cl)c1ccccc1Nc1ncccc1S(C)(=O)=O. The molecule has 6 heteroatoms. The lowest BCUT2D eigenvalue weighted by Gasteiger charge is -2.14. The normalized spacial score (nSPS) is 12.9. The number of rotatable bonds is 4. The number of sulfone groups is 1. The molecular weight excluding hydrogens is 296 g/mol. The van der Waals surface area contributed by atoms with E-state index in [9.17, 15) is 8.42 Å². The van der Waals surface area contributed by atoms with Crippen molar-refractivity contribution >= 4 is 32.9 Å². The van der Waals surface area contributed by atoms with Gasteiger partial charge in [0.2, 0.25) is 0 Å². The van der Waals surface area contributed by atoms with Gasteiger partial charge in [0.25, 0.3) is 0 Å². The first-order chi connectivity index (χ1) is 9.39. The number of alkyl halides is 1. The molecule has 0 saturated carbocycles. The molecule has 0 amide bonds. The summed E-state index contributed by atoms with van der Waals surface area (Å²) in [5, 5.41) is 2.86. The van der Waals surface area contributed by atoms with Crippen LogP contribution in [0.5, 0.6) is 0 Å². The minimum Gasteiger partial charge on any atom is -0.339 e. The van der Waals surface area contributed by atoms with Crippen LogP contribution in [0.15, 0.2) is 47.5 Å². The Hall–Kier alpha value is -1.59. The van der Waals surface area contributed by atoms with E-state index in [1.54, 1.807) is 12.3 Å². The first-order valence-corrected chi connectivity index (χ1v) is 8.37. The maximum Gasteiger partial charge on any atom is 0.179 e. The van der Waals surface area contributed by atoms with Crippen molar-refractivity contribution in [2.45, 2.75) is 17.2 Å². The first-order valence-electron chi connectivity index (χ1n) is 6.04. The van der Waals surface area contributed by atoms with Crippen LogP contribution in [0.2, 0.25) is 0 Å². The number of hydrogen-bond acceptors (Lipinski definition) is 4. The van der Waals surface area contributed by atoms with Gasteiger partial charge >= 0.3 is 0 Å². The average Bonchev–Trinajstić information content (AvgIpc) is 2.38. The molecule has 2 aromatic rings. The van der Waals surface area contributed by atoms with E-state index in [4.69, 9.17) is 11.6 Å². The molecule has 0 aliphatic rings. The lowest BCUT2D eigenvalue weighted by molar-refractivity contribution is 0.602. The average molecular weight is 311 g/mol. The molecule has 4 nitrogen and oxygen atoms in total. The lowest BCUT2D eigenvalue weighted by atomic mass is 10.1. The van der Waals surface area contributed by atoms with Crippen LogP contribution >= 0.6 is 11.6 Å². The summed E-state index contributed by atoms with van der Waals surface area (Å²) < 4.78 is 23.5. The van der Waals surface area contributed by atoms with E-state index in [-0.39, 0.29) is 10.3 Å². The Morgan fingerprint density at radius 2 is 1.90 bits per heavy atom. The number of nitrogens with one attached hydrogen (secondary N) is 1. The highest BCUT2D eigenvalue weighted by molar-refractivity contribution is 7.90. The fraction of sp³-hybridized carbons (Fsp3) is 0.214. The maximum absolute atomic E-state index is 11.8. The van der Waals surface area contributed by atoms with Crippen LogP contribution in [0.1, 0.15) is 17.9 Å². The Morgan fingerprint density at radius 1 is 1.20 bits per heavy atom. The van der Waals surface area contributed by atoms with E-state index < -0.39 is 9.84 Å². The van der Waals surface area contributed by atoms with Crippen molar-refractivity contribution in [3.63, 3.8) is 0 Å². The zero-order valence-electron chi connectivity index (χ0n) is 11.2. The third-order valence-electron chi connectivity index (χ3n) is 2.81. The predicted octanol–water partition coefficient (Wildman–Crippen LogP) is 3.53. The molecule has 1 aromatic heterocycles. The summed E-state index contributed by atoms with van der Waals surface area (Å²) in [5.41, 5.74) is 1.64. The fourth-order valence-electron chi connectivity index (χ4n) is 1.87. The molecule has 0 spiro atoms. The maximum atomic E-state index is 11.8. The molecule has 1 atom stereocenters. The van der Waals surface area contributed by atoms with E-state index in [1.807, 2.05) is 31.2 Å². The summed E-state index contributed by atoms with van der Waals surface area (Å²) in [6.07, 6.45) is 2.70. The number of hydrogen-bond donors (Lipinski definition) is 1. The van der Waals surface area contributed by atoms with Crippen molar-refractivity contribution in [1.82, 2.24) is 4.98 Å². The van der Waals surface area contributed by atoms with Gasteiger partial charge in [-0.3, -0.25) is 0 Å². The number of halogens is 1. The van der Waals surface area contributed by atoms with Crippen molar-refractivity contribution in [1.29, 1.82) is 0 Å². The number of aromatic nitrogens is 1. The van der Waals surface area contributed by atoms with Crippen LogP contribution in [-0.2, 0) is 9.84 Å². The zero-order chi connectivity index (χ0) is 14.8. The molecule has 0 saturated heterocycles. The standard InChI is InChI=1S/C14H15ClN2O2S/c1-10(15)11-6-3-4-7-12(11)17-14-13(20(2,18)19)8-5-9-16-14/h3-10H,1-2H3,(H,16,17). The monoisotopic (exact) mass is 310 g/mol. The van der Waals surface area contributed by atoms with E-state index in [2.05, 4.69) is 10.3 Å². The number of benzene rings is 1. The molecule has 106 valence electrons. The highest BCUT2D eigenvalue weighted by atomic mass is 35.5. The molecule has 0 aliphatic heterocycles. The van der Waals surface area contributed by atoms with E-state index in [0.717, 1.165) is 17.5 Å². The molecule has 1 aromatic carbocycles. The second kappa shape index (κ2) is 5.81. The van der Waals surface area contributed by atoms with E-state index in [0.29, 0.717) is 5.82 Å². The summed E-state index contributed by atoms with van der Waals surface area (Å²) in [6, 6.07) is 10.6. The molecule has 0 bridgehead atoms. The van der Waals surface area contributed by atoms with Gasteiger partial charge in [-0.15, -0.1) is 11.6 Å². The van der Waals surface area contributed by atoms with Crippen molar-refractivity contribution in [3.8, 4) is 0 Å². The Balaban J connectivity index is 2.47. The molecule has 1 heterocycles. The van der Waals surface area contributed by atoms with Gasteiger partial charge in [-0.05, 0) is 30.7 Å². The first kappa shape index (κ1) is 14.8. The molecule has 0 fully saturated rings. The van der Waals surface area contributed by atoms with Crippen LogP contribution in [0.25, 0.3) is 0 Å². The molecule has 0 aliphatic carbocycles. The van der Waals surface area contributed by atoms with Crippen LogP contribution in [0.4, 0.5) is 11.5 Å². The van der Waals surface area contributed by atoms with Gasteiger partial charge in [-0.2, -0.15) is 0 Å². The van der Waals surface area contributed by atoms with E-state index >= 15 is 0 Å². The third kappa shape index (κ3) is 3.29. The van der Waals surface area contributed by atoms with Gasteiger partial charge < -0.3 is 5.32 Å². The van der Waals surface area contributed by atoms with Gasteiger partial charge in [0.05, 0.1) is 5.38 Å². The van der Waals surface area contributed by atoms with Crippen LogP contribution in [-0.4, -0.2) is 19.7 Å². The van der Waals surface area contributed by atoms with Gasteiger partial charge in [-0.1, -0.05) is 18.2 Å². The Labute approximate surface area is 123 Å². The van der Waals surface area contributed by atoms with Crippen molar-refractivity contribution < 1.29 is 8.42 Å². The summed E-state index contributed by atoms with van der Waals surface area (Å²) in [6.45, 7) is 1.86. The van der Waals surface area contributed by atoms with Crippen LogP contribution in [0.3, 0.4) is 0 Å². The highest BCUT2D eigenvalue weighted by Gasteiger charge is 2.15. The van der Waals surface area contributed by atoms with Crippen LogP contribution in [0, 0.1) is 0 Å². The van der Waals surface area contributed by atoms with E-state index in [1.165, 1.54) is 6.07 Å². The smallest absolute Gasteiger partial charge is 0.179 e. The van der Waals surface area contributed by atoms with Crippen molar-refractivity contribution in [3.05, 3.63) is 48.2 Å². The predicted molar refractivity (Wildman–Crippen MR) is 81.3 cm³/mol.